The monoisotopic (exact) mass is 269 g/mol. The van der Waals surface area contributed by atoms with E-state index < -0.39 is 0 Å². The predicted molar refractivity (Wildman–Crippen MR) is 83.8 cm³/mol. The molecule has 1 aromatic heterocycles. The minimum absolute atomic E-state index is 0.0318. The molecule has 0 saturated heterocycles. The number of aromatic nitrogens is 2. The van der Waals surface area contributed by atoms with Crippen LogP contribution in [0.25, 0.3) is 11.3 Å². The molecule has 0 aliphatic heterocycles. The number of aryl methyl sites for hydroxylation is 1. The van der Waals surface area contributed by atoms with Crippen molar-refractivity contribution in [3.05, 3.63) is 35.7 Å². The third-order valence-electron chi connectivity index (χ3n) is 3.95. The van der Waals surface area contributed by atoms with E-state index >= 15 is 0 Å². The van der Waals surface area contributed by atoms with Crippen molar-refractivity contribution in [2.45, 2.75) is 52.0 Å². The van der Waals surface area contributed by atoms with Gasteiger partial charge in [0.15, 0.2) is 0 Å². The average molecular weight is 269 g/mol. The van der Waals surface area contributed by atoms with Crippen molar-refractivity contribution in [1.82, 2.24) is 9.55 Å². The van der Waals surface area contributed by atoms with E-state index in [0.717, 1.165) is 22.9 Å². The molecule has 0 atom stereocenters. The van der Waals surface area contributed by atoms with Crippen LogP contribution in [0.1, 0.15) is 50.9 Å². The minimum Gasteiger partial charge on any atom is -0.383 e. The Bertz CT molecular complexity index is 643. The van der Waals surface area contributed by atoms with Crippen LogP contribution < -0.4 is 5.73 Å². The van der Waals surface area contributed by atoms with Crippen LogP contribution >= 0.6 is 0 Å². The van der Waals surface area contributed by atoms with Crippen LogP contribution in [0.2, 0.25) is 0 Å². The standard InChI is InChI=1S/C17H23N3/c1-11-7-5-6-8-13(11)14-15(18)20(17(2,3)4)16(19-14)12-9-10-12/h5-8,12H,9-10,18H2,1-4H3. The minimum atomic E-state index is -0.0318. The lowest BCUT2D eigenvalue weighted by atomic mass is 10.1. The molecule has 1 aromatic carbocycles. The molecule has 106 valence electrons. The Morgan fingerprint density at radius 1 is 1.20 bits per heavy atom. The molecule has 0 bridgehead atoms. The van der Waals surface area contributed by atoms with Gasteiger partial charge in [0, 0.05) is 17.0 Å². The maximum absolute atomic E-state index is 6.46. The summed E-state index contributed by atoms with van der Waals surface area (Å²) in [7, 11) is 0. The smallest absolute Gasteiger partial charge is 0.132 e. The summed E-state index contributed by atoms with van der Waals surface area (Å²) in [5.74, 6) is 2.55. The number of rotatable bonds is 2. The highest BCUT2D eigenvalue weighted by molar-refractivity contribution is 5.74. The molecule has 2 aromatic rings. The summed E-state index contributed by atoms with van der Waals surface area (Å²) in [6, 6.07) is 8.33. The highest BCUT2D eigenvalue weighted by Crippen LogP contribution is 2.44. The highest BCUT2D eigenvalue weighted by atomic mass is 15.2. The van der Waals surface area contributed by atoms with E-state index in [2.05, 4.69) is 56.5 Å². The van der Waals surface area contributed by atoms with Crippen molar-refractivity contribution in [1.29, 1.82) is 0 Å². The number of nitrogen functional groups attached to an aromatic ring is 1. The number of anilines is 1. The zero-order valence-corrected chi connectivity index (χ0v) is 12.8. The zero-order valence-electron chi connectivity index (χ0n) is 12.8. The fraction of sp³-hybridized carbons (Fsp3) is 0.471. The third kappa shape index (κ3) is 2.11. The molecule has 1 aliphatic rings. The first-order valence-corrected chi connectivity index (χ1v) is 7.34. The molecular weight excluding hydrogens is 246 g/mol. The first-order valence-electron chi connectivity index (χ1n) is 7.34. The molecule has 3 nitrogen and oxygen atoms in total. The molecule has 0 amide bonds. The van der Waals surface area contributed by atoms with Gasteiger partial charge in [0.2, 0.25) is 0 Å². The van der Waals surface area contributed by atoms with E-state index in [4.69, 9.17) is 10.7 Å². The number of imidazole rings is 1. The molecule has 1 fully saturated rings. The van der Waals surface area contributed by atoms with Crippen LogP contribution in [0.15, 0.2) is 24.3 Å². The summed E-state index contributed by atoms with van der Waals surface area (Å²) in [6.07, 6.45) is 2.47. The zero-order chi connectivity index (χ0) is 14.5. The van der Waals surface area contributed by atoms with Gasteiger partial charge >= 0.3 is 0 Å². The van der Waals surface area contributed by atoms with E-state index in [1.807, 2.05) is 0 Å². The van der Waals surface area contributed by atoms with Crippen LogP contribution in [0.5, 0.6) is 0 Å². The molecule has 3 rings (SSSR count). The van der Waals surface area contributed by atoms with Crippen LogP contribution in [0.4, 0.5) is 5.82 Å². The fourth-order valence-corrected chi connectivity index (χ4v) is 2.81. The Morgan fingerprint density at radius 2 is 1.85 bits per heavy atom. The predicted octanol–water partition coefficient (Wildman–Crippen LogP) is 4.07. The first kappa shape index (κ1) is 13.2. The van der Waals surface area contributed by atoms with E-state index in [-0.39, 0.29) is 5.54 Å². The lowest BCUT2D eigenvalue weighted by Crippen LogP contribution is -2.25. The number of hydrogen-bond donors (Lipinski definition) is 1. The van der Waals surface area contributed by atoms with Gasteiger partial charge in [-0.05, 0) is 46.1 Å². The van der Waals surface area contributed by atoms with Gasteiger partial charge < -0.3 is 10.3 Å². The van der Waals surface area contributed by atoms with Gasteiger partial charge in [0.05, 0.1) is 0 Å². The van der Waals surface area contributed by atoms with Gasteiger partial charge in [-0.15, -0.1) is 0 Å². The molecule has 1 aliphatic carbocycles. The summed E-state index contributed by atoms with van der Waals surface area (Å²) in [5.41, 5.74) is 9.74. The second-order valence-corrected chi connectivity index (χ2v) is 6.80. The van der Waals surface area contributed by atoms with Crippen molar-refractivity contribution in [3.63, 3.8) is 0 Å². The Kier molecular flexibility index (Phi) is 2.89. The van der Waals surface area contributed by atoms with Crippen LogP contribution in [-0.2, 0) is 5.54 Å². The second kappa shape index (κ2) is 4.37. The van der Waals surface area contributed by atoms with Gasteiger partial charge in [0.25, 0.3) is 0 Å². The van der Waals surface area contributed by atoms with E-state index in [1.165, 1.54) is 18.4 Å². The van der Waals surface area contributed by atoms with E-state index in [9.17, 15) is 0 Å². The summed E-state index contributed by atoms with van der Waals surface area (Å²) in [4.78, 5) is 4.91. The molecule has 2 N–H and O–H groups in total. The molecule has 0 radical (unpaired) electrons. The summed E-state index contributed by atoms with van der Waals surface area (Å²) in [5, 5.41) is 0. The maximum Gasteiger partial charge on any atom is 0.132 e. The number of benzene rings is 1. The quantitative estimate of drug-likeness (QED) is 0.893. The average Bonchev–Trinajstić information content (AvgIpc) is 3.13. The van der Waals surface area contributed by atoms with Gasteiger partial charge in [-0.25, -0.2) is 4.98 Å². The maximum atomic E-state index is 6.46. The molecule has 1 heterocycles. The largest absolute Gasteiger partial charge is 0.383 e. The van der Waals surface area contributed by atoms with Crippen molar-refractivity contribution < 1.29 is 0 Å². The van der Waals surface area contributed by atoms with Crippen molar-refractivity contribution in [2.75, 3.05) is 5.73 Å². The number of hydrogen-bond acceptors (Lipinski definition) is 2. The molecular formula is C17H23N3. The first-order chi connectivity index (χ1) is 9.39. The van der Waals surface area contributed by atoms with Crippen LogP contribution in [0, 0.1) is 6.92 Å². The Hall–Kier alpha value is -1.77. The normalized spacial score (nSPS) is 15.6. The number of nitrogens with two attached hydrogens (primary N) is 1. The lowest BCUT2D eigenvalue weighted by molar-refractivity contribution is 0.388. The number of nitrogens with zero attached hydrogens (tertiary/aromatic N) is 2. The Labute approximate surface area is 120 Å². The van der Waals surface area contributed by atoms with Gasteiger partial charge in [-0.3, -0.25) is 0 Å². The topological polar surface area (TPSA) is 43.8 Å². The molecule has 1 saturated carbocycles. The molecule has 0 spiro atoms. The SMILES string of the molecule is Cc1ccccc1-c1nc(C2CC2)n(C(C)(C)C)c1N. The second-order valence-electron chi connectivity index (χ2n) is 6.80. The molecule has 3 heteroatoms. The van der Waals surface area contributed by atoms with Crippen molar-refractivity contribution >= 4 is 5.82 Å². The fourth-order valence-electron chi connectivity index (χ4n) is 2.81. The Morgan fingerprint density at radius 3 is 2.40 bits per heavy atom. The van der Waals surface area contributed by atoms with Gasteiger partial charge in [-0.2, -0.15) is 0 Å². The van der Waals surface area contributed by atoms with Crippen LogP contribution in [-0.4, -0.2) is 9.55 Å². The van der Waals surface area contributed by atoms with Crippen molar-refractivity contribution in [2.24, 2.45) is 0 Å². The van der Waals surface area contributed by atoms with Crippen LogP contribution in [0.3, 0.4) is 0 Å². The van der Waals surface area contributed by atoms with Gasteiger partial charge in [-0.1, -0.05) is 24.3 Å². The lowest BCUT2D eigenvalue weighted by Gasteiger charge is -2.25. The summed E-state index contributed by atoms with van der Waals surface area (Å²) < 4.78 is 2.23. The molecule has 0 unspecified atom stereocenters. The third-order valence-corrected chi connectivity index (χ3v) is 3.95. The van der Waals surface area contributed by atoms with Crippen molar-refractivity contribution in [3.8, 4) is 11.3 Å². The Balaban J connectivity index is 2.21. The highest BCUT2D eigenvalue weighted by Gasteiger charge is 2.34. The molecule has 20 heavy (non-hydrogen) atoms. The summed E-state index contributed by atoms with van der Waals surface area (Å²) >= 11 is 0. The summed E-state index contributed by atoms with van der Waals surface area (Å²) in [6.45, 7) is 8.69. The van der Waals surface area contributed by atoms with E-state index in [1.54, 1.807) is 0 Å². The van der Waals surface area contributed by atoms with Gasteiger partial charge in [0.1, 0.15) is 17.3 Å². The van der Waals surface area contributed by atoms with E-state index in [0.29, 0.717) is 5.92 Å².